The molecule has 1 N–H and O–H groups in total. The zero-order valence-corrected chi connectivity index (χ0v) is 10.5. The summed E-state index contributed by atoms with van der Waals surface area (Å²) >= 11 is 0. The first kappa shape index (κ1) is 11.1. The van der Waals surface area contributed by atoms with Crippen LogP contribution in [0.2, 0.25) is 0 Å². The molecular weight excluding hydrogens is 210 g/mol. The number of hydrogen-bond acceptors (Lipinski definition) is 2. The van der Waals surface area contributed by atoms with E-state index in [1.165, 1.54) is 38.0 Å². The average Bonchev–Trinajstić information content (AvgIpc) is 2.89. The Morgan fingerprint density at radius 3 is 2.24 bits per heavy atom. The Bertz CT molecular complexity index is 372. The Hall–Kier alpha value is -1.02. The quantitative estimate of drug-likeness (QED) is 0.846. The average molecular weight is 231 g/mol. The third kappa shape index (κ3) is 2.06. The summed E-state index contributed by atoms with van der Waals surface area (Å²) in [6, 6.07) is 8.41. The van der Waals surface area contributed by atoms with Crippen molar-refractivity contribution in [1.29, 1.82) is 0 Å². The monoisotopic (exact) mass is 231 g/mol. The highest BCUT2D eigenvalue weighted by Gasteiger charge is 2.35. The summed E-state index contributed by atoms with van der Waals surface area (Å²) in [5.74, 6) is 1.87. The van der Waals surface area contributed by atoms with Crippen molar-refractivity contribution in [2.24, 2.45) is 11.8 Å². The highest BCUT2D eigenvalue weighted by atomic mass is 16.3. The van der Waals surface area contributed by atoms with Crippen molar-refractivity contribution in [3.63, 3.8) is 0 Å². The second-order valence-electron chi connectivity index (χ2n) is 5.62. The minimum atomic E-state index is -0.359. The molecule has 2 aliphatic rings. The fourth-order valence-corrected chi connectivity index (χ4v) is 3.41. The van der Waals surface area contributed by atoms with E-state index in [0.717, 1.165) is 17.4 Å². The van der Waals surface area contributed by atoms with Gasteiger partial charge in [-0.1, -0.05) is 18.6 Å². The summed E-state index contributed by atoms with van der Waals surface area (Å²) in [6.07, 6.45) is 3.92. The van der Waals surface area contributed by atoms with E-state index in [9.17, 15) is 5.11 Å². The Morgan fingerprint density at radius 2 is 1.71 bits per heavy atom. The lowest BCUT2D eigenvalue weighted by Crippen LogP contribution is -2.20. The summed E-state index contributed by atoms with van der Waals surface area (Å²) in [7, 11) is 0. The molecule has 1 aliphatic heterocycles. The number of anilines is 1. The minimum Gasteiger partial charge on any atom is -0.389 e. The number of hydrogen-bond donors (Lipinski definition) is 1. The maximum absolute atomic E-state index is 9.50. The van der Waals surface area contributed by atoms with Gasteiger partial charge >= 0.3 is 0 Å². The highest BCUT2D eigenvalue weighted by Crippen LogP contribution is 2.39. The van der Waals surface area contributed by atoms with Crippen molar-refractivity contribution in [2.75, 3.05) is 18.0 Å². The fourth-order valence-electron chi connectivity index (χ4n) is 3.41. The van der Waals surface area contributed by atoms with E-state index in [-0.39, 0.29) is 6.10 Å². The van der Waals surface area contributed by atoms with Crippen molar-refractivity contribution >= 4 is 5.69 Å². The topological polar surface area (TPSA) is 23.5 Å². The predicted molar refractivity (Wildman–Crippen MR) is 70.1 cm³/mol. The lowest BCUT2D eigenvalue weighted by Gasteiger charge is -2.20. The van der Waals surface area contributed by atoms with Crippen LogP contribution < -0.4 is 4.90 Å². The van der Waals surface area contributed by atoms with E-state index in [1.807, 2.05) is 19.1 Å². The summed E-state index contributed by atoms with van der Waals surface area (Å²) in [5.41, 5.74) is 2.33. The molecule has 17 heavy (non-hydrogen) atoms. The lowest BCUT2D eigenvalue weighted by molar-refractivity contribution is 0.199. The van der Waals surface area contributed by atoms with Gasteiger partial charge in [0.2, 0.25) is 0 Å². The molecule has 0 spiro atoms. The second-order valence-corrected chi connectivity index (χ2v) is 5.62. The molecule has 2 heteroatoms. The van der Waals surface area contributed by atoms with E-state index >= 15 is 0 Å². The highest BCUT2D eigenvalue weighted by molar-refractivity contribution is 5.49. The van der Waals surface area contributed by atoms with Crippen LogP contribution in [-0.2, 0) is 0 Å². The molecule has 2 unspecified atom stereocenters. The molecule has 0 radical (unpaired) electrons. The van der Waals surface area contributed by atoms with Gasteiger partial charge in [-0.15, -0.1) is 0 Å². The molecule has 92 valence electrons. The summed E-state index contributed by atoms with van der Waals surface area (Å²) < 4.78 is 0. The van der Waals surface area contributed by atoms with Crippen LogP contribution in [0.4, 0.5) is 5.69 Å². The van der Waals surface area contributed by atoms with Gasteiger partial charge in [0.15, 0.2) is 0 Å². The van der Waals surface area contributed by atoms with Gasteiger partial charge in [-0.05, 0) is 49.3 Å². The van der Waals surface area contributed by atoms with E-state index in [4.69, 9.17) is 0 Å². The zero-order valence-electron chi connectivity index (χ0n) is 10.5. The van der Waals surface area contributed by atoms with Crippen molar-refractivity contribution in [1.82, 2.24) is 0 Å². The number of benzene rings is 1. The summed E-state index contributed by atoms with van der Waals surface area (Å²) in [5, 5.41) is 9.50. The van der Waals surface area contributed by atoms with Gasteiger partial charge in [-0.3, -0.25) is 0 Å². The standard InChI is InChI=1S/C15H21NO/c1-11(17)12-5-7-15(8-6-12)16-9-13-3-2-4-14(13)10-16/h5-8,11,13-14,17H,2-4,9-10H2,1H3/t11-,13?,14?/m0/s1. The molecule has 1 saturated heterocycles. The molecule has 0 bridgehead atoms. The molecular formula is C15H21NO. The SMILES string of the molecule is C[C@H](O)c1ccc(N2CC3CCCC3C2)cc1. The van der Waals surface area contributed by atoms with Crippen molar-refractivity contribution in [2.45, 2.75) is 32.3 Å². The van der Waals surface area contributed by atoms with Crippen LogP contribution in [0.5, 0.6) is 0 Å². The number of nitrogens with zero attached hydrogens (tertiary/aromatic N) is 1. The molecule has 2 nitrogen and oxygen atoms in total. The molecule has 1 aromatic carbocycles. The molecule has 3 rings (SSSR count). The number of rotatable bonds is 2. The van der Waals surface area contributed by atoms with Gasteiger partial charge in [0.1, 0.15) is 0 Å². The molecule has 3 atom stereocenters. The van der Waals surface area contributed by atoms with Crippen LogP contribution in [0.3, 0.4) is 0 Å². The lowest BCUT2D eigenvalue weighted by atomic mass is 10.0. The third-order valence-corrected chi connectivity index (χ3v) is 4.47. The molecule has 0 aromatic heterocycles. The second kappa shape index (κ2) is 4.34. The predicted octanol–water partition coefficient (Wildman–Crippen LogP) is 2.98. The normalized spacial score (nSPS) is 29.4. The molecule has 1 saturated carbocycles. The molecule has 1 aliphatic carbocycles. The van der Waals surface area contributed by atoms with E-state index < -0.39 is 0 Å². The van der Waals surface area contributed by atoms with Gasteiger partial charge in [0, 0.05) is 18.8 Å². The maximum atomic E-state index is 9.50. The molecule has 0 amide bonds. The Morgan fingerprint density at radius 1 is 1.12 bits per heavy atom. The van der Waals surface area contributed by atoms with Crippen LogP contribution in [0.25, 0.3) is 0 Å². The summed E-state index contributed by atoms with van der Waals surface area (Å²) in [6.45, 7) is 4.28. The van der Waals surface area contributed by atoms with Crippen LogP contribution >= 0.6 is 0 Å². The Balaban J connectivity index is 1.73. The first-order valence-electron chi connectivity index (χ1n) is 6.77. The first-order chi connectivity index (χ1) is 8.24. The van der Waals surface area contributed by atoms with E-state index in [0.29, 0.717) is 0 Å². The van der Waals surface area contributed by atoms with Gasteiger partial charge in [0.05, 0.1) is 6.10 Å². The number of aliphatic hydroxyl groups is 1. The van der Waals surface area contributed by atoms with Gasteiger partial charge in [0.25, 0.3) is 0 Å². The zero-order chi connectivity index (χ0) is 11.8. The molecule has 1 heterocycles. The fraction of sp³-hybridized carbons (Fsp3) is 0.600. The van der Waals surface area contributed by atoms with Gasteiger partial charge in [-0.2, -0.15) is 0 Å². The smallest absolute Gasteiger partial charge is 0.0761 e. The van der Waals surface area contributed by atoms with Crippen LogP contribution in [-0.4, -0.2) is 18.2 Å². The third-order valence-electron chi connectivity index (χ3n) is 4.47. The van der Waals surface area contributed by atoms with E-state index in [2.05, 4.69) is 17.0 Å². The van der Waals surface area contributed by atoms with Crippen molar-refractivity contribution < 1.29 is 5.11 Å². The number of fused-ring (bicyclic) bond motifs is 1. The molecule has 1 aromatic rings. The van der Waals surface area contributed by atoms with Crippen molar-refractivity contribution in [3.8, 4) is 0 Å². The van der Waals surface area contributed by atoms with Gasteiger partial charge < -0.3 is 10.0 Å². The number of aliphatic hydroxyl groups excluding tert-OH is 1. The maximum Gasteiger partial charge on any atom is 0.0761 e. The van der Waals surface area contributed by atoms with Crippen LogP contribution in [0.15, 0.2) is 24.3 Å². The largest absolute Gasteiger partial charge is 0.389 e. The first-order valence-corrected chi connectivity index (χ1v) is 6.77. The Labute approximate surface area is 103 Å². The van der Waals surface area contributed by atoms with Crippen LogP contribution in [0.1, 0.15) is 37.9 Å². The summed E-state index contributed by atoms with van der Waals surface area (Å²) in [4.78, 5) is 2.51. The van der Waals surface area contributed by atoms with E-state index in [1.54, 1.807) is 0 Å². The van der Waals surface area contributed by atoms with Gasteiger partial charge in [-0.25, -0.2) is 0 Å². The van der Waals surface area contributed by atoms with Crippen molar-refractivity contribution in [3.05, 3.63) is 29.8 Å². The minimum absolute atomic E-state index is 0.359. The van der Waals surface area contributed by atoms with Crippen LogP contribution in [0, 0.1) is 11.8 Å². The molecule has 2 fully saturated rings. The Kier molecular flexibility index (Phi) is 2.83.